The van der Waals surface area contributed by atoms with E-state index in [9.17, 15) is 0 Å². The lowest BCUT2D eigenvalue weighted by molar-refractivity contribution is 0.351. The topological polar surface area (TPSA) is 53.9 Å². The molecule has 1 aliphatic rings. The molecule has 6 heteroatoms. The first-order valence-corrected chi connectivity index (χ1v) is 10.8. The molecular formula is C25H29N5O. The van der Waals surface area contributed by atoms with E-state index in [-0.39, 0.29) is 0 Å². The number of aliphatic imine (C=N–C) groups is 1. The molecule has 2 heterocycles. The summed E-state index contributed by atoms with van der Waals surface area (Å²) in [6.07, 6.45) is 7.52. The minimum absolute atomic E-state index is 0.514. The van der Waals surface area contributed by atoms with E-state index >= 15 is 0 Å². The number of para-hydroxylation sites is 1. The molecule has 0 atom stereocenters. The first-order chi connectivity index (χ1) is 15.1. The van der Waals surface area contributed by atoms with E-state index in [0.29, 0.717) is 11.8 Å². The number of rotatable bonds is 6. The van der Waals surface area contributed by atoms with Gasteiger partial charge in [-0.15, -0.1) is 0 Å². The molecule has 6 nitrogen and oxygen atoms in total. The summed E-state index contributed by atoms with van der Waals surface area (Å²) in [5.74, 6) is 1.88. The first-order valence-electron chi connectivity index (χ1n) is 10.8. The molecule has 1 saturated heterocycles. The predicted octanol–water partition coefficient (Wildman–Crippen LogP) is 5.80. The zero-order valence-corrected chi connectivity index (χ0v) is 18.5. The molecular weight excluding hydrogens is 386 g/mol. The van der Waals surface area contributed by atoms with E-state index in [1.165, 1.54) is 19.3 Å². The van der Waals surface area contributed by atoms with Gasteiger partial charge in [0.05, 0.1) is 12.0 Å². The van der Waals surface area contributed by atoms with Gasteiger partial charge in [-0.25, -0.2) is 9.98 Å². The molecule has 4 rings (SSSR count). The molecule has 31 heavy (non-hydrogen) atoms. The number of aryl methyl sites for hydroxylation is 2. The number of hydrogen-bond acceptors (Lipinski definition) is 5. The Hall–Kier alpha value is -3.41. The van der Waals surface area contributed by atoms with Crippen molar-refractivity contribution in [1.82, 2.24) is 14.9 Å². The molecule has 2 aromatic carbocycles. The van der Waals surface area contributed by atoms with Crippen LogP contribution in [0.25, 0.3) is 0 Å². The Bertz CT molecular complexity index is 1050. The van der Waals surface area contributed by atoms with Gasteiger partial charge in [-0.3, -0.25) is 0 Å². The lowest BCUT2D eigenvalue weighted by Gasteiger charge is -2.24. The predicted molar refractivity (Wildman–Crippen MR) is 126 cm³/mol. The van der Waals surface area contributed by atoms with Gasteiger partial charge < -0.3 is 14.5 Å². The molecule has 0 unspecified atom stereocenters. The summed E-state index contributed by atoms with van der Waals surface area (Å²) in [7, 11) is 1.94. The number of piperidine rings is 1. The quantitative estimate of drug-likeness (QED) is 0.376. The van der Waals surface area contributed by atoms with Crippen LogP contribution in [-0.2, 0) is 0 Å². The highest BCUT2D eigenvalue weighted by molar-refractivity contribution is 5.65. The van der Waals surface area contributed by atoms with Crippen molar-refractivity contribution in [3.8, 4) is 11.6 Å². The highest BCUT2D eigenvalue weighted by Crippen LogP contribution is 2.31. The Morgan fingerprint density at radius 3 is 2.55 bits per heavy atom. The van der Waals surface area contributed by atoms with Gasteiger partial charge in [0.1, 0.15) is 5.75 Å². The van der Waals surface area contributed by atoms with Gasteiger partial charge in [-0.2, -0.15) is 4.98 Å². The molecule has 0 saturated carbocycles. The average Bonchev–Trinajstić information content (AvgIpc) is 2.81. The maximum absolute atomic E-state index is 6.13. The lowest BCUT2D eigenvalue weighted by Crippen LogP contribution is -2.28. The van der Waals surface area contributed by atoms with Gasteiger partial charge in [0, 0.05) is 38.1 Å². The third-order valence-electron chi connectivity index (χ3n) is 5.52. The number of benzene rings is 2. The highest BCUT2D eigenvalue weighted by atomic mass is 16.5. The van der Waals surface area contributed by atoms with Gasteiger partial charge in [0.2, 0.25) is 11.8 Å². The Labute approximate surface area is 184 Å². The Morgan fingerprint density at radius 1 is 1.00 bits per heavy atom. The normalized spacial score (nSPS) is 14.1. The van der Waals surface area contributed by atoms with Crippen LogP contribution in [0.15, 0.2) is 59.7 Å². The summed E-state index contributed by atoms with van der Waals surface area (Å²) in [6.45, 7) is 6.28. The molecule has 1 fully saturated rings. The number of likely N-dealkylation sites (tertiary alicyclic amines) is 1. The van der Waals surface area contributed by atoms with Crippen LogP contribution in [0.3, 0.4) is 0 Å². The molecule has 1 aromatic heterocycles. The number of anilines is 2. The fraction of sp³-hybridized carbons (Fsp3) is 0.320. The Kier molecular flexibility index (Phi) is 6.46. The second-order valence-corrected chi connectivity index (χ2v) is 7.94. The molecule has 0 aliphatic carbocycles. The number of aromatic nitrogens is 2. The SMILES string of the molecule is Cc1cc(Oc2ccnc(N(C)c3ccccc3)n2)c(C)cc1N=CN1CCCCC1. The Balaban J connectivity index is 1.50. The zero-order valence-electron chi connectivity index (χ0n) is 18.5. The smallest absolute Gasteiger partial charge is 0.232 e. The van der Waals surface area contributed by atoms with Crippen LogP contribution in [0, 0.1) is 13.8 Å². The van der Waals surface area contributed by atoms with Crippen LogP contribution in [0.2, 0.25) is 0 Å². The number of hydrogen-bond donors (Lipinski definition) is 0. The summed E-state index contributed by atoms with van der Waals surface area (Å²) in [6, 6.07) is 15.9. The lowest BCUT2D eigenvalue weighted by atomic mass is 10.1. The van der Waals surface area contributed by atoms with Crippen LogP contribution in [0.5, 0.6) is 11.6 Å². The zero-order chi connectivity index (χ0) is 21.6. The third kappa shape index (κ3) is 5.20. The van der Waals surface area contributed by atoms with E-state index in [4.69, 9.17) is 9.73 Å². The van der Waals surface area contributed by atoms with Crippen molar-refractivity contribution in [1.29, 1.82) is 0 Å². The first kappa shape index (κ1) is 20.8. The van der Waals surface area contributed by atoms with E-state index in [2.05, 4.69) is 27.9 Å². The van der Waals surface area contributed by atoms with E-state index in [1.807, 2.05) is 61.6 Å². The monoisotopic (exact) mass is 415 g/mol. The minimum atomic E-state index is 0.514. The van der Waals surface area contributed by atoms with Crippen molar-refractivity contribution in [2.45, 2.75) is 33.1 Å². The Morgan fingerprint density at radius 2 is 1.77 bits per heavy atom. The van der Waals surface area contributed by atoms with Crippen LogP contribution in [0.4, 0.5) is 17.3 Å². The van der Waals surface area contributed by atoms with Crippen molar-refractivity contribution in [2.24, 2.45) is 4.99 Å². The standard InChI is InChI=1S/C25H29N5O/c1-19-17-23(20(2)16-22(19)27-18-30-14-8-5-9-15-30)31-24-12-13-26-25(28-24)29(3)21-10-6-4-7-11-21/h4,6-7,10-13,16-18H,5,8-9,14-15H2,1-3H3. The van der Waals surface area contributed by atoms with E-state index in [0.717, 1.165) is 41.3 Å². The molecule has 160 valence electrons. The molecule has 0 bridgehead atoms. The van der Waals surface area contributed by atoms with Gasteiger partial charge in [0.25, 0.3) is 0 Å². The number of ether oxygens (including phenoxy) is 1. The molecule has 3 aromatic rings. The van der Waals surface area contributed by atoms with Crippen LogP contribution < -0.4 is 9.64 Å². The van der Waals surface area contributed by atoms with Crippen LogP contribution in [-0.4, -0.2) is 41.3 Å². The van der Waals surface area contributed by atoms with Crippen molar-refractivity contribution >= 4 is 23.7 Å². The molecule has 1 aliphatic heterocycles. The van der Waals surface area contributed by atoms with Crippen molar-refractivity contribution in [3.63, 3.8) is 0 Å². The van der Waals surface area contributed by atoms with Crippen LogP contribution >= 0.6 is 0 Å². The third-order valence-corrected chi connectivity index (χ3v) is 5.52. The second-order valence-electron chi connectivity index (χ2n) is 7.94. The summed E-state index contributed by atoms with van der Waals surface area (Å²) in [5.41, 5.74) is 4.09. The van der Waals surface area contributed by atoms with E-state index < -0.39 is 0 Å². The van der Waals surface area contributed by atoms with Crippen molar-refractivity contribution < 1.29 is 4.74 Å². The fourth-order valence-electron chi connectivity index (χ4n) is 3.63. The largest absolute Gasteiger partial charge is 0.439 e. The fourth-order valence-corrected chi connectivity index (χ4v) is 3.63. The minimum Gasteiger partial charge on any atom is -0.439 e. The maximum Gasteiger partial charge on any atom is 0.232 e. The summed E-state index contributed by atoms with van der Waals surface area (Å²) in [5, 5.41) is 0. The van der Waals surface area contributed by atoms with Gasteiger partial charge in [-0.1, -0.05) is 18.2 Å². The molecule has 0 amide bonds. The summed E-state index contributed by atoms with van der Waals surface area (Å²) in [4.78, 5) is 17.9. The van der Waals surface area contributed by atoms with Crippen molar-refractivity contribution in [2.75, 3.05) is 25.0 Å². The maximum atomic E-state index is 6.13. The molecule has 0 radical (unpaired) electrons. The number of nitrogens with zero attached hydrogens (tertiary/aromatic N) is 5. The molecule has 0 spiro atoms. The van der Waals surface area contributed by atoms with Gasteiger partial charge >= 0.3 is 0 Å². The van der Waals surface area contributed by atoms with E-state index in [1.54, 1.807) is 12.3 Å². The van der Waals surface area contributed by atoms with Gasteiger partial charge in [0.15, 0.2) is 0 Å². The highest BCUT2D eigenvalue weighted by Gasteiger charge is 2.11. The molecule has 0 N–H and O–H groups in total. The van der Waals surface area contributed by atoms with Crippen LogP contribution in [0.1, 0.15) is 30.4 Å². The van der Waals surface area contributed by atoms with Gasteiger partial charge in [-0.05, 0) is 68.5 Å². The van der Waals surface area contributed by atoms with Crippen molar-refractivity contribution in [3.05, 3.63) is 65.9 Å². The summed E-state index contributed by atoms with van der Waals surface area (Å²) < 4.78 is 6.13. The average molecular weight is 416 g/mol. The summed E-state index contributed by atoms with van der Waals surface area (Å²) >= 11 is 0. The second kappa shape index (κ2) is 9.60.